The lowest BCUT2D eigenvalue weighted by atomic mass is 9.93. The highest BCUT2D eigenvalue weighted by Crippen LogP contribution is 2.49. The lowest BCUT2D eigenvalue weighted by Crippen LogP contribution is -2.05. The van der Waals surface area contributed by atoms with Crippen molar-refractivity contribution in [2.75, 3.05) is 6.61 Å². The lowest BCUT2D eigenvalue weighted by Gasteiger charge is -2.12. The van der Waals surface area contributed by atoms with Gasteiger partial charge in [-0.2, -0.15) is 5.26 Å². The largest absolute Gasteiger partial charge is 0.494 e. The van der Waals surface area contributed by atoms with Gasteiger partial charge < -0.3 is 4.74 Å². The highest BCUT2D eigenvalue weighted by atomic mass is 16.5. The third-order valence-electron chi connectivity index (χ3n) is 2.99. The lowest BCUT2D eigenvalue weighted by molar-refractivity contribution is 0.340. The molecule has 0 spiro atoms. The number of rotatable bonds is 3. The SMILES string of the molecule is CCOc1ccc(C2(C#N)CC2)c(C)c1. The van der Waals surface area contributed by atoms with Crippen LogP contribution in [0.1, 0.15) is 30.9 Å². The van der Waals surface area contributed by atoms with Crippen LogP contribution >= 0.6 is 0 Å². The van der Waals surface area contributed by atoms with Crippen molar-refractivity contribution in [1.82, 2.24) is 0 Å². The first kappa shape index (κ1) is 10.0. The van der Waals surface area contributed by atoms with E-state index in [0.717, 1.165) is 18.6 Å². The predicted octanol–water partition coefficient (Wildman–Crippen LogP) is 2.95. The Bertz CT molecular complexity index is 413. The van der Waals surface area contributed by atoms with Crippen molar-refractivity contribution in [2.24, 2.45) is 0 Å². The van der Waals surface area contributed by atoms with Crippen LogP contribution in [-0.4, -0.2) is 6.61 Å². The van der Waals surface area contributed by atoms with E-state index in [0.29, 0.717) is 6.61 Å². The zero-order chi connectivity index (χ0) is 10.9. The van der Waals surface area contributed by atoms with E-state index in [1.165, 1.54) is 11.1 Å². The van der Waals surface area contributed by atoms with Crippen molar-refractivity contribution in [2.45, 2.75) is 32.1 Å². The van der Waals surface area contributed by atoms with Gasteiger partial charge in [0.05, 0.1) is 18.1 Å². The molecule has 2 rings (SSSR count). The van der Waals surface area contributed by atoms with Crippen LogP contribution in [0.4, 0.5) is 0 Å². The van der Waals surface area contributed by atoms with Crippen molar-refractivity contribution >= 4 is 0 Å². The van der Waals surface area contributed by atoms with Crippen molar-refractivity contribution in [1.29, 1.82) is 5.26 Å². The summed E-state index contributed by atoms with van der Waals surface area (Å²) in [5.41, 5.74) is 2.16. The van der Waals surface area contributed by atoms with Gasteiger partial charge in [-0.25, -0.2) is 0 Å². The molecule has 1 aromatic rings. The second kappa shape index (κ2) is 3.58. The maximum atomic E-state index is 9.13. The van der Waals surface area contributed by atoms with Gasteiger partial charge in [-0.1, -0.05) is 6.07 Å². The van der Waals surface area contributed by atoms with Crippen LogP contribution in [0.15, 0.2) is 18.2 Å². The molecule has 1 aliphatic carbocycles. The van der Waals surface area contributed by atoms with E-state index in [1.54, 1.807) is 0 Å². The Morgan fingerprint density at radius 1 is 1.47 bits per heavy atom. The minimum absolute atomic E-state index is 0.186. The van der Waals surface area contributed by atoms with E-state index < -0.39 is 0 Å². The summed E-state index contributed by atoms with van der Waals surface area (Å²) < 4.78 is 5.43. The third-order valence-corrected chi connectivity index (χ3v) is 2.99. The molecule has 2 nitrogen and oxygen atoms in total. The van der Waals surface area contributed by atoms with Gasteiger partial charge in [-0.15, -0.1) is 0 Å². The number of nitriles is 1. The average Bonchev–Trinajstić information content (AvgIpc) is 2.99. The first-order valence-electron chi connectivity index (χ1n) is 5.37. The highest BCUT2D eigenvalue weighted by Gasteiger charge is 2.45. The number of ether oxygens (including phenoxy) is 1. The van der Waals surface area contributed by atoms with E-state index in [2.05, 4.69) is 13.0 Å². The number of hydrogen-bond donors (Lipinski definition) is 0. The second-order valence-electron chi connectivity index (χ2n) is 4.10. The molecule has 15 heavy (non-hydrogen) atoms. The quantitative estimate of drug-likeness (QED) is 0.753. The Hall–Kier alpha value is -1.49. The van der Waals surface area contributed by atoms with Crippen LogP contribution in [0.25, 0.3) is 0 Å². The smallest absolute Gasteiger partial charge is 0.119 e. The zero-order valence-electron chi connectivity index (χ0n) is 9.21. The summed E-state index contributed by atoms with van der Waals surface area (Å²) in [5, 5.41) is 9.13. The molecule has 2 heteroatoms. The monoisotopic (exact) mass is 201 g/mol. The summed E-state index contributed by atoms with van der Waals surface area (Å²) in [6.07, 6.45) is 2.00. The van der Waals surface area contributed by atoms with E-state index in [4.69, 9.17) is 10.00 Å². The van der Waals surface area contributed by atoms with E-state index in [-0.39, 0.29) is 5.41 Å². The summed E-state index contributed by atoms with van der Waals surface area (Å²) in [6, 6.07) is 8.44. The molecule has 0 aromatic heterocycles. The molecule has 0 bridgehead atoms. The van der Waals surface area contributed by atoms with Crippen LogP contribution in [0.3, 0.4) is 0 Å². The molecule has 0 aliphatic heterocycles. The van der Waals surface area contributed by atoms with Crippen LogP contribution in [0.2, 0.25) is 0 Å². The summed E-state index contributed by atoms with van der Waals surface area (Å²) in [4.78, 5) is 0. The molecule has 1 fully saturated rings. The van der Waals surface area contributed by atoms with Gasteiger partial charge in [-0.05, 0) is 49.9 Å². The maximum absolute atomic E-state index is 9.13. The van der Waals surface area contributed by atoms with Crippen molar-refractivity contribution < 1.29 is 4.74 Å². The molecule has 0 radical (unpaired) electrons. The van der Waals surface area contributed by atoms with Crippen molar-refractivity contribution in [3.05, 3.63) is 29.3 Å². The maximum Gasteiger partial charge on any atom is 0.119 e. The molecule has 0 atom stereocenters. The molecule has 0 unspecified atom stereocenters. The molecular formula is C13H15NO. The summed E-state index contributed by atoms with van der Waals surface area (Å²) in [5.74, 6) is 0.896. The zero-order valence-corrected chi connectivity index (χ0v) is 9.21. The average molecular weight is 201 g/mol. The van der Waals surface area contributed by atoms with Gasteiger partial charge in [-0.3, -0.25) is 0 Å². The summed E-state index contributed by atoms with van der Waals surface area (Å²) >= 11 is 0. The van der Waals surface area contributed by atoms with Gasteiger partial charge in [0, 0.05) is 0 Å². The Balaban J connectivity index is 2.32. The molecule has 78 valence electrons. The normalized spacial score (nSPS) is 16.9. The van der Waals surface area contributed by atoms with Crippen LogP contribution in [0.5, 0.6) is 5.75 Å². The standard InChI is InChI=1S/C13H15NO/c1-3-15-11-4-5-12(10(2)8-11)13(9-14)6-7-13/h4-5,8H,3,6-7H2,1-2H3. The van der Waals surface area contributed by atoms with Crippen LogP contribution in [-0.2, 0) is 5.41 Å². The van der Waals surface area contributed by atoms with Gasteiger partial charge in [0.15, 0.2) is 0 Å². The summed E-state index contributed by atoms with van der Waals surface area (Å²) in [7, 11) is 0. The molecule has 1 saturated carbocycles. The Labute approximate surface area is 90.5 Å². The predicted molar refractivity (Wildman–Crippen MR) is 58.9 cm³/mol. The first-order valence-corrected chi connectivity index (χ1v) is 5.37. The summed E-state index contributed by atoms with van der Waals surface area (Å²) in [6.45, 7) is 4.71. The van der Waals surface area contributed by atoms with Crippen molar-refractivity contribution in [3.63, 3.8) is 0 Å². The number of benzene rings is 1. The molecular weight excluding hydrogens is 186 g/mol. The van der Waals surface area contributed by atoms with Crippen LogP contribution < -0.4 is 4.74 Å². The van der Waals surface area contributed by atoms with Crippen LogP contribution in [0, 0.1) is 18.3 Å². The highest BCUT2D eigenvalue weighted by molar-refractivity contribution is 5.46. The van der Waals surface area contributed by atoms with Gasteiger partial charge in [0.2, 0.25) is 0 Å². The van der Waals surface area contributed by atoms with Gasteiger partial charge >= 0.3 is 0 Å². The first-order chi connectivity index (χ1) is 7.22. The molecule has 0 amide bonds. The Morgan fingerprint density at radius 3 is 2.67 bits per heavy atom. The Kier molecular flexibility index (Phi) is 2.40. The van der Waals surface area contributed by atoms with E-state index in [9.17, 15) is 0 Å². The fraction of sp³-hybridized carbons (Fsp3) is 0.462. The minimum atomic E-state index is -0.186. The minimum Gasteiger partial charge on any atom is -0.494 e. The third kappa shape index (κ3) is 1.70. The van der Waals surface area contributed by atoms with Crippen molar-refractivity contribution in [3.8, 4) is 11.8 Å². The fourth-order valence-corrected chi connectivity index (χ4v) is 2.00. The van der Waals surface area contributed by atoms with Gasteiger partial charge in [0.1, 0.15) is 5.75 Å². The molecule has 0 saturated heterocycles. The van der Waals surface area contributed by atoms with Gasteiger partial charge in [0.25, 0.3) is 0 Å². The van der Waals surface area contributed by atoms with E-state index >= 15 is 0 Å². The molecule has 1 aromatic carbocycles. The molecule has 0 N–H and O–H groups in total. The Morgan fingerprint density at radius 2 is 2.20 bits per heavy atom. The fourth-order valence-electron chi connectivity index (χ4n) is 2.00. The number of hydrogen-bond acceptors (Lipinski definition) is 2. The molecule has 1 aliphatic rings. The topological polar surface area (TPSA) is 33.0 Å². The number of nitrogens with zero attached hydrogens (tertiary/aromatic N) is 1. The second-order valence-corrected chi connectivity index (χ2v) is 4.10. The van der Waals surface area contributed by atoms with E-state index in [1.807, 2.05) is 25.1 Å². The molecule has 0 heterocycles. The number of aryl methyl sites for hydroxylation is 1.